The maximum atomic E-state index is 13.2. The second-order valence-corrected chi connectivity index (χ2v) is 9.31. The number of benzene rings is 2. The van der Waals surface area contributed by atoms with Gasteiger partial charge >= 0.3 is 0 Å². The van der Waals surface area contributed by atoms with Gasteiger partial charge in [-0.25, -0.2) is 0 Å². The summed E-state index contributed by atoms with van der Waals surface area (Å²) in [6.45, 7) is 6.15. The Labute approximate surface area is 199 Å². The summed E-state index contributed by atoms with van der Waals surface area (Å²) in [6, 6.07) is 14.7. The molecule has 0 aromatic heterocycles. The number of hydrogen-bond acceptors (Lipinski definition) is 3. The molecule has 0 spiro atoms. The molecule has 2 amide bonds. The number of carbonyl (C=O) groups is 2. The minimum absolute atomic E-state index is 0.0464. The highest BCUT2D eigenvalue weighted by Gasteiger charge is 2.29. The van der Waals surface area contributed by atoms with E-state index in [1.165, 1.54) is 0 Å². The summed E-state index contributed by atoms with van der Waals surface area (Å²) in [7, 11) is 0. The van der Waals surface area contributed by atoms with E-state index < -0.39 is 6.04 Å². The Morgan fingerprint density at radius 3 is 2.39 bits per heavy atom. The van der Waals surface area contributed by atoms with E-state index in [4.69, 9.17) is 23.2 Å². The van der Waals surface area contributed by atoms with Crippen molar-refractivity contribution >= 4 is 46.8 Å². The van der Waals surface area contributed by atoms with Crippen molar-refractivity contribution in [2.24, 2.45) is 0 Å². The molecular formula is C24H30Cl2N2O2S. The van der Waals surface area contributed by atoms with Crippen LogP contribution in [0.15, 0.2) is 48.5 Å². The maximum absolute atomic E-state index is 13.2. The fourth-order valence-electron chi connectivity index (χ4n) is 3.11. The lowest BCUT2D eigenvalue weighted by molar-refractivity contribution is -0.139. The molecule has 0 saturated heterocycles. The van der Waals surface area contributed by atoms with E-state index in [0.717, 1.165) is 23.3 Å². The van der Waals surface area contributed by atoms with E-state index in [1.807, 2.05) is 51.1 Å². The Balaban J connectivity index is 2.18. The van der Waals surface area contributed by atoms with Gasteiger partial charge in [0.2, 0.25) is 11.8 Å². The summed E-state index contributed by atoms with van der Waals surface area (Å²) < 4.78 is 0. The first-order chi connectivity index (χ1) is 14.8. The number of hydrogen-bond donors (Lipinski definition) is 1. The van der Waals surface area contributed by atoms with Gasteiger partial charge in [-0.3, -0.25) is 9.59 Å². The van der Waals surface area contributed by atoms with E-state index in [2.05, 4.69) is 5.32 Å². The molecule has 0 aliphatic heterocycles. The molecule has 4 nitrogen and oxygen atoms in total. The quantitative estimate of drug-likeness (QED) is 0.432. The number of carbonyl (C=O) groups excluding carboxylic acids is 2. The largest absolute Gasteiger partial charge is 0.352 e. The Hall–Kier alpha value is -1.69. The summed E-state index contributed by atoms with van der Waals surface area (Å²) in [4.78, 5) is 27.8. The van der Waals surface area contributed by atoms with E-state index in [1.54, 1.807) is 34.9 Å². The number of halogens is 2. The molecule has 2 rings (SSSR count). The van der Waals surface area contributed by atoms with Crippen molar-refractivity contribution in [3.63, 3.8) is 0 Å². The fraction of sp³-hybridized carbons (Fsp3) is 0.417. The third-order valence-electron chi connectivity index (χ3n) is 5.08. The molecular weight excluding hydrogens is 451 g/mol. The van der Waals surface area contributed by atoms with Crippen molar-refractivity contribution in [2.45, 2.75) is 58.0 Å². The van der Waals surface area contributed by atoms with Crippen LogP contribution in [0, 0.1) is 0 Å². The molecule has 0 radical (unpaired) electrons. The Morgan fingerprint density at radius 2 is 1.77 bits per heavy atom. The van der Waals surface area contributed by atoms with E-state index in [0.29, 0.717) is 16.5 Å². The summed E-state index contributed by atoms with van der Waals surface area (Å²) in [5, 5.41) is 4.03. The summed E-state index contributed by atoms with van der Waals surface area (Å²) in [6.07, 6.45) is 1.34. The lowest BCUT2D eigenvalue weighted by Crippen LogP contribution is -2.51. The van der Waals surface area contributed by atoms with Crippen molar-refractivity contribution < 1.29 is 9.59 Å². The molecule has 7 heteroatoms. The molecule has 0 bridgehead atoms. The third-order valence-corrected chi connectivity index (χ3v) is 6.66. The van der Waals surface area contributed by atoms with E-state index in [-0.39, 0.29) is 30.2 Å². The zero-order valence-electron chi connectivity index (χ0n) is 18.2. The van der Waals surface area contributed by atoms with Crippen LogP contribution in [-0.4, -0.2) is 34.6 Å². The van der Waals surface area contributed by atoms with Gasteiger partial charge < -0.3 is 10.2 Å². The Kier molecular flexibility index (Phi) is 10.7. The molecule has 0 fully saturated rings. The van der Waals surface area contributed by atoms with Crippen LogP contribution in [0.1, 0.15) is 44.7 Å². The van der Waals surface area contributed by atoms with Gasteiger partial charge in [-0.05, 0) is 43.0 Å². The first-order valence-electron chi connectivity index (χ1n) is 10.5. The number of thioether (sulfide) groups is 1. The first kappa shape index (κ1) is 25.6. The molecule has 0 heterocycles. The van der Waals surface area contributed by atoms with Gasteiger partial charge in [0.15, 0.2) is 0 Å². The summed E-state index contributed by atoms with van der Waals surface area (Å²) in [5.41, 5.74) is 1.93. The van der Waals surface area contributed by atoms with Crippen LogP contribution in [0.4, 0.5) is 0 Å². The summed E-state index contributed by atoms with van der Waals surface area (Å²) in [5.74, 6) is 0.798. The van der Waals surface area contributed by atoms with Crippen molar-refractivity contribution in [2.75, 3.05) is 5.75 Å². The van der Waals surface area contributed by atoms with Crippen LogP contribution in [0.3, 0.4) is 0 Å². The van der Waals surface area contributed by atoms with Crippen LogP contribution < -0.4 is 5.32 Å². The first-order valence-corrected chi connectivity index (χ1v) is 12.4. The van der Waals surface area contributed by atoms with E-state index in [9.17, 15) is 9.59 Å². The molecule has 0 unspecified atom stereocenters. The van der Waals surface area contributed by atoms with Gasteiger partial charge in [0.25, 0.3) is 0 Å². The second-order valence-electron chi connectivity index (χ2n) is 7.48. The smallest absolute Gasteiger partial charge is 0.243 e. The predicted octanol–water partition coefficient (Wildman–Crippen LogP) is 5.95. The Morgan fingerprint density at radius 1 is 1.06 bits per heavy atom. The highest BCUT2D eigenvalue weighted by molar-refractivity contribution is 7.99. The molecule has 0 aliphatic carbocycles. The molecule has 2 aromatic rings. The maximum Gasteiger partial charge on any atom is 0.243 e. The average molecular weight is 481 g/mol. The number of rotatable bonds is 11. The monoisotopic (exact) mass is 480 g/mol. The number of amides is 2. The third kappa shape index (κ3) is 8.06. The van der Waals surface area contributed by atoms with Crippen LogP contribution in [0.25, 0.3) is 0 Å². The minimum Gasteiger partial charge on any atom is -0.352 e. The number of nitrogens with zero attached hydrogens (tertiary/aromatic N) is 1. The van der Waals surface area contributed by atoms with Crippen LogP contribution >= 0.6 is 35.0 Å². The van der Waals surface area contributed by atoms with Gasteiger partial charge in [-0.15, -0.1) is 11.8 Å². The zero-order valence-corrected chi connectivity index (χ0v) is 20.6. The van der Waals surface area contributed by atoms with Crippen LogP contribution in [-0.2, 0) is 21.9 Å². The second kappa shape index (κ2) is 13.0. The molecule has 2 aromatic carbocycles. The van der Waals surface area contributed by atoms with Crippen molar-refractivity contribution in [3.05, 3.63) is 69.7 Å². The molecule has 168 valence electrons. The lowest BCUT2D eigenvalue weighted by atomic mass is 10.1. The standard InChI is InChI=1S/C24H30Cl2N2O2S/c1-4-17(3)27-24(30)22(5-2)28(14-19-11-12-20(25)13-21(19)26)23(29)16-31-15-18-9-7-6-8-10-18/h6-13,17,22H,4-5,14-16H2,1-3H3,(H,27,30)/t17-,22+/m0/s1. The van der Waals surface area contributed by atoms with Crippen molar-refractivity contribution in [1.82, 2.24) is 10.2 Å². The summed E-state index contributed by atoms with van der Waals surface area (Å²) >= 11 is 13.9. The van der Waals surface area contributed by atoms with Crippen LogP contribution in [0.5, 0.6) is 0 Å². The zero-order chi connectivity index (χ0) is 22.8. The van der Waals surface area contributed by atoms with Gasteiger partial charge in [-0.2, -0.15) is 0 Å². The average Bonchev–Trinajstić information content (AvgIpc) is 2.75. The van der Waals surface area contributed by atoms with E-state index >= 15 is 0 Å². The molecule has 0 aliphatic rings. The lowest BCUT2D eigenvalue weighted by Gasteiger charge is -2.31. The van der Waals surface area contributed by atoms with Gasteiger partial charge in [0.05, 0.1) is 5.75 Å². The normalized spacial score (nSPS) is 12.8. The Bertz CT molecular complexity index is 864. The molecule has 0 saturated carbocycles. The molecule has 1 N–H and O–H groups in total. The minimum atomic E-state index is -0.564. The van der Waals surface area contributed by atoms with Gasteiger partial charge in [-0.1, -0.05) is 73.4 Å². The van der Waals surface area contributed by atoms with Crippen LogP contribution in [0.2, 0.25) is 10.0 Å². The predicted molar refractivity (Wildman–Crippen MR) is 132 cm³/mol. The van der Waals surface area contributed by atoms with Crippen molar-refractivity contribution in [1.29, 1.82) is 0 Å². The highest BCUT2D eigenvalue weighted by atomic mass is 35.5. The SMILES string of the molecule is CC[C@H](C(=O)N[C@@H](C)CC)N(Cc1ccc(Cl)cc1Cl)C(=O)CSCc1ccccc1. The molecule has 2 atom stereocenters. The molecule has 31 heavy (non-hydrogen) atoms. The van der Waals surface area contributed by atoms with Gasteiger partial charge in [0.1, 0.15) is 6.04 Å². The highest BCUT2D eigenvalue weighted by Crippen LogP contribution is 2.24. The number of nitrogens with one attached hydrogen (secondary N) is 1. The fourth-order valence-corrected chi connectivity index (χ4v) is 4.45. The van der Waals surface area contributed by atoms with Gasteiger partial charge in [0, 0.05) is 28.4 Å². The topological polar surface area (TPSA) is 49.4 Å². The van der Waals surface area contributed by atoms with Crippen molar-refractivity contribution in [3.8, 4) is 0 Å².